The molecule has 10 aromatic rings. The Kier molecular flexibility index (Phi) is 7.55. The number of hydrogen-bond acceptors (Lipinski definition) is 1. The van der Waals surface area contributed by atoms with Crippen molar-refractivity contribution >= 4 is 60.2 Å². The highest BCUT2D eigenvalue weighted by Crippen LogP contribution is 2.46. The average molecular weight is 674 g/mol. The molecule has 0 atom stereocenters. The molecule has 0 radical (unpaired) electrons. The maximum atomic E-state index is 2.45. The van der Waals surface area contributed by atoms with Gasteiger partial charge in [0.1, 0.15) is 0 Å². The van der Waals surface area contributed by atoms with Crippen LogP contribution in [0.15, 0.2) is 212 Å². The van der Waals surface area contributed by atoms with Crippen LogP contribution in [0.5, 0.6) is 0 Å². The van der Waals surface area contributed by atoms with Gasteiger partial charge in [-0.05, 0) is 108 Å². The van der Waals surface area contributed by atoms with E-state index < -0.39 is 0 Å². The lowest BCUT2D eigenvalue weighted by Gasteiger charge is -2.30. The van der Waals surface area contributed by atoms with Crippen molar-refractivity contribution in [2.24, 2.45) is 0 Å². The number of anilines is 3. The molecule has 0 unspecified atom stereocenters. The summed E-state index contributed by atoms with van der Waals surface area (Å²) in [5, 5.41) is 10.0. The maximum Gasteiger partial charge on any atom is 0.0546 e. The lowest BCUT2D eigenvalue weighted by atomic mass is 9.92. The molecule has 0 aliphatic carbocycles. The van der Waals surface area contributed by atoms with E-state index in [4.69, 9.17) is 0 Å². The zero-order chi connectivity index (χ0) is 35.1. The Morgan fingerprint density at radius 1 is 0.264 bits per heavy atom. The van der Waals surface area contributed by atoms with Gasteiger partial charge in [0.05, 0.1) is 11.4 Å². The lowest BCUT2D eigenvalue weighted by Crippen LogP contribution is -2.12. The van der Waals surface area contributed by atoms with Crippen molar-refractivity contribution in [1.29, 1.82) is 0 Å². The minimum Gasteiger partial charge on any atom is -0.309 e. The summed E-state index contributed by atoms with van der Waals surface area (Å²) in [5.74, 6) is 0. The number of hydrogen-bond donors (Lipinski definition) is 0. The molecule has 1 nitrogen and oxygen atoms in total. The van der Waals surface area contributed by atoms with Gasteiger partial charge in [-0.2, -0.15) is 0 Å². The summed E-state index contributed by atoms with van der Waals surface area (Å²) in [7, 11) is 0. The van der Waals surface area contributed by atoms with E-state index in [9.17, 15) is 0 Å². The minimum atomic E-state index is 1.11. The fourth-order valence-electron chi connectivity index (χ4n) is 8.02. The molecule has 1 heteroatoms. The summed E-state index contributed by atoms with van der Waals surface area (Å²) < 4.78 is 0. The number of nitrogens with zero attached hydrogens (tertiary/aromatic N) is 1. The van der Waals surface area contributed by atoms with Gasteiger partial charge in [-0.15, -0.1) is 0 Å². The van der Waals surface area contributed by atoms with Gasteiger partial charge >= 0.3 is 0 Å². The summed E-state index contributed by atoms with van der Waals surface area (Å²) in [6.07, 6.45) is 0. The van der Waals surface area contributed by atoms with Gasteiger partial charge in [-0.25, -0.2) is 0 Å². The number of fused-ring (bicyclic) bond motifs is 6. The zero-order valence-electron chi connectivity index (χ0n) is 29.2. The first kappa shape index (κ1) is 30.8. The van der Waals surface area contributed by atoms with Crippen LogP contribution in [0.2, 0.25) is 0 Å². The average Bonchev–Trinajstić information content (AvgIpc) is 3.24. The van der Waals surface area contributed by atoms with Crippen molar-refractivity contribution in [1.82, 2.24) is 0 Å². The highest BCUT2D eigenvalue weighted by Gasteiger charge is 2.21. The normalized spacial score (nSPS) is 11.4. The molecule has 10 rings (SSSR count). The van der Waals surface area contributed by atoms with Crippen molar-refractivity contribution < 1.29 is 0 Å². The van der Waals surface area contributed by atoms with E-state index >= 15 is 0 Å². The Hall–Kier alpha value is -6.96. The summed E-state index contributed by atoms with van der Waals surface area (Å²) in [5.41, 5.74) is 10.5. The van der Waals surface area contributed by atoms with E-state index in [1.165, 1.54) is 76.5 Å². The maximum absolute atomic E-state index is 2.45. The Morgan fingerprint density at radius 2 is 0.811 bits per heavy atom. The fourth-order valence-corrected chi connectivity index (χ4v) is 8.02. The van der Waals surface area contributed by atoms with E-state index in [-0.39, 0.29) is 0 Å². The van der Waals surface area contributed by atoms with Crippen LogP contribution in [-0.2, 0) is 0 Å². The number of para-hydroxylation sites is 1. The van der Waals surface area contributed by atoms with Gasteiger partial charge in [0.2, 0.25) is 0 Å². The molecule has 0 saturated carbocycles. The molecule has 0 saturated heterocycles. The lowest BCUT2D eigenvalue weighted by molar-refractivity contribution is 1.30. The third-order valence-corrected chi connectivity index (χ3v) is 10.6. The molecule has 0 aliphatic heterocycles. The third kappa shape index (κ3) is 5.51. The molecule has 248 valence electrons. The first-order chi connectivity index (χ1) is 26.3. The summed E-state index contributed by atoms with van der Waals surface area (Å²) in [6, 6.07) is 77.4. The molecule has 0 N–H and O–H groups in total. The molecule has 0 amide bonds. The number of rotatable bonds is 6. The van der Waals surface area contributed by atoms with Gasteiger partial charge in [0.25, 0.3) is 0 Å². The smallest absolute Gasteiger partial charge is 0.0546 e. The predicted octanol–water partition coefficient (Wildman–Crippen LogP) is 14.8. The van der Waals surface area contributed by atoms with Crippen LogP contribution in [0, 0.1) is 0 Å². The monoisotopic (exact) mass is 673 g/mol. The van der Waals surface area contributed by atoms with Gasteiger partial charge in [0, 0.05) is 16.6 Å². The van der Waals surface area contributed by atoms with Crippen LogP contribution >= 0.6 is 0 Å². The van der Waals surface area contributed by atoms with Crippen LogP contribution in [-0.4, -0.2) is 0 Å². The molecule has 10 aromatic carbocycles. The quantitative estimate of drug-likeness (QED) is 0.159. The SMILES string of the molecule is c1ccc(-c2ccc(N(c3ccccc3)c3cc(-c4ccc5ccc6ccc7ccccc7c6c5c4)cc4ccccc34)c(-c3ccccc3)c2)cc1. The molecule has 0 heterocycles. The standard InChI is InChI=1S/C52H35N/c1-4-14-36(15-5-1)41-30-31-50(48(33-41)37-16-6-2-7-17-37)53(45-20-8-3-9-21-45)51-35-44(32-43-19-11-12-22-46(43)51)42-29-26-39-25-28-40-27-24-38-18-10-13-23-47(38)52(40)49(39)34-42/h1-35H. The molecule has 0 aromatic heterocycles. The zero-order valence-corrected chi connectivity index (χ0v) is 29.2. The molecule has 0 bridgehead atoms. The highest BCUT2D eigenvalue weighted by molar-refractivity contribution is 6.20. The highest BCUT2D eigenvalue weighted by atomic mass is 15.1. The minimum absolute atomic E-state index is 1.11. The molecule has 0 aliphatic rings. The van der Waals surface area contributed by atoms with Crippen LogP contribution in [0.1, 0.15) is 0 Å². The van der Waals surface area contributed by atoms with Gasteiger partial charge in [-0.3, -0.25) is 0 Å². The first-order valence-electron chi connectivity index (χ1n) is 18.3. The van der Waals surface area contributed by atoms with Crippen molar-refractivity contribution in [2.45, 2.75) is 0 Å². The molecule has 0 spiro atoms. The van der Waals surface area contributed by atoms with Gasteiger partial charge in [0.15, 0.2) is 0 Å². The Morgan fingerprint density at radius 3 is 1.57 bits per heavy atom. The summed E-state index contributed by atoms with van der Waals surface area (Å²) >= 11 is 0. The summed E-state index contributed by atoms with van der Waals surface area (Å²) in [6.45, 7) is 0. The summed E-state index contributed by atoms with van der Waals surface area (Å²) in [4.78, 5) is 2.45. The second-order valence-electron chi connectivity index (χ2n) is 13.7. The second-order valence-corrected chi connectivity index (χ2v) is 13.7. The Labute approximate surface area is 309 Å². The van der Waals surface area contributed by atoms with E-state index in [0.29, 0.717) is 0 Å². The van der Waals surface area contributed by atoms with E-state index in [2.05, 4.69) is 217 Å². The van der Waals surface area contributed by atoms with Gasteiger partial charge in [-0.1, -0.05) is 170 Å². The first-order valence-corrected chi connectivity index (χ1v) is 18.3. The molecule has 53 heavy (non-hydrogen) atoms. The van der Waals surface area contributed by atoms with Crippen molar-refractivity contribution in [3.63, 3.8) is 0 Å². The fraction of sp³-hybridized carbons (Fsp3) is 0. The molecular formula is C52H35N. The van der Waals surface area contributed by atoms with Crippen molar-refractivity contribution in [3.05, 3.63) is 212 Å². The van der Waals surface area contributed by atoms with Gasteiger partial charge < -0.3 is 4.90 Å². The molecule has 0 fully saturated rings. The predicted molar refractivity (Wildman–Crippen MR) is 227 cm³/mol. The van der Waals surface area contributed by atoms with Crippen molar-refractivity contribution in [3.8, 4) is 33.4 Å². The molecular weight excluding hydrogens is 639 g/mol. The Bertz CT molecular complexity index is 2920. The second kappa shape index (κ2) is 13.0. The van der Waals surface area contributed by atoms with E-state index in [1.54, 1.807) is 0 Å². The van der Waals surface area contributed by atoms with E-state index in [0.717, 1.165) is 17.1 Å². The largest absolute Gasteiger partial charge is 0.309 e. The van der Waals surface area contributed by atoms with Crippen LogP contribution in [0.3, 0.4) is 0 Å². The topological polar surface area (TPSA) is 3.24 Å². The van der Waals surface area contributed by atoms with Crippen LogP contribution < -0.4 is 4.90 Å². The third-order valence-electron chi connectivity index (χ3n) is 10.6. The van der Waals surface area contributed by atoms with Crippen molar-refractivity contribution in [2.75, 3.05) is 4.90 Å². The van der Waals surface area contributed by atoms with Crippen LogP contribution in [0.4, 0.5) is 17.1 Å². The number of benzene rings is 10. The van der Waals surface area contributed by atoms with Crippen LogP contribution in [0.25, 0.3) is 76.5 Å². The Balaban J connectivity index is 1.23. The van der Waals surface area contributed by atoms with E-state index in [1.807, 2.05) is 0 Å².